The fourth-order valence-corrected chi connectivity index (χ4v) is 2.15. The maximum Gasteiger partial charge on any atom is 0.344 e. The van der Waals surface area contributed by atoms with E-state index in [2.05, 4.69) is 52.8 Å². The lowest BCUT2D eigenvalue weighted by Crippen LogP contribution is -2.17. The van der Waals surface area contributed by atoms with Crippen LogP contribution in [0.2, 0.25) is 0 Å². The van der Waals surface area contributed by atoms with Crippen molar-refractivity contribution in [3.8, 4) is 5.75 Å². The predicted octanol–water partition coefficient (Wildman–Crippen LogP) is 4.66. The molecule has 0 aliphatic rings. The molecule has 0 saturated heterocycles. The summed E-state index contributed by atoms with van der Waals surface area (Å²) in [5.41, 5.74) is 2.28. The van der Waals surface area contributed by atoms with Crippen molar-refractivity contribution in [2.24, 2.45) is 0 Å². The number of benzene rings is 1. The van der Waals surface area contributed by atoms with Gasteiger partial charge in [0.25, 0.3) is 0 Å². The van der Waals surface area contributed by atoms with E-state index >= 15 is 0 Å². The van der Waals surface area contributed by atoms with Gasteiger partial charge in [0.15, 0.2) is 6.61 Å². The lowest BCUT2D eigenvalue weighted by molar-refractivity contribution is -0.146. The standard InChI is InChI=1S/C18H28O3/c1-6-7-11-20-17(19)12-21-18-15(13(2)3)9-8-10-16(18)14(4)5/h8-10,13-14H,6-7,11-12H2,1-5H3. The van der Waals surface area contributed by atoms with E-state index in [1.807, 2.05) is 0 Å². The first-order valence-corrected chi connectivity index (χ1v) is 7.88. The summed E-state index contributed by atoms with van der Waals surface area (Å²) in [6, 6.07) is 6.18. The molecule has 1 aromatic carbocycles. The minimum atomic E-state index is -0.295. The molecule has 0 bridgehead atoms. The van der Waals surface area contributed by atoms with E-state index in [1.165, 1.54) is 0 Å². The Morgan fingerprint density at radius 1 is 1.10 bits per heavy atom. The molecular formula is C18H28O3. The molecule has 21 heavy (non-hydrogen) atoms. The van der Waals surface area contributed by atoms with E-state index in [9.17, 15) is 4.79 Å². The van der Waals surface area contributed by atoms with Gasteiger partial charge in [-0.3, -0.25) is 0 Å². The summed E-state index contributed by atoms with van der Waals surface area (Å²) in [5.74, 6) is 1.26. The highest BCUT2D eigenvalue weighted by atomic mass is 16.6. The molecule has 0 aliphatic heterocycles. The lowest BCUT2D eigenvalue weighted by atomic mass is 9.94. The summed E-state index contributed by atoms with van der Waals surface area (Å²) in [6.45, 7) is 11.0. The van der Waals surface area contributed by atoms with Crippen LogP contribution in [-0.2, 0) is 9.53 Å². The Morgan fingerprint density at radius 2 is 1.67 bits per heavy atom. The highest BCUT2D eigenvalue weighted by molar-refractivity contribution is 5.71. The van der Waals surface area contributed by atoms with Gasteiger partial charge in [0, 0.05) is 0 Å². The number of unbranched alkanes of at least 4 members (excludes halogenated alkanes) is 1. The van der Waals surface area contributed by atoms with Crippen molar-refractivity contribution in [1.29, 1.82) is 0 Å². The maximum atomic E-state index is 11.7. The number of carbonyl (C=O) groups is 1. The fraction of sp³-hybridized carbons (Fsp3) is 0.611. The van der Waals surface area contributed by atoms with Crippen molar-refractivity contribution in [3.05, 3.63) is 29.3 Å². The molecule has 0 saturated carbocycles. The van der Waals surface area contributed by atoms with Crippen LogP contribution in [0.15, 0.2) is 18.2 Å². The van der Waals surface area contributed by atoms with Crippen molar-refractivity contribution >= 4 is 5.97 Å². The van der Waals surface area contributed by atoms with Crippen molar-refractivity contribution in [2.45, 2.75) is 59.3 Å². The van der Waals surface area contributed by atoms with Crippen molar-refractivity contribution in [3.63, 3.8) is 0 Å². The van der Waals surface area contributed by atoms with Gasteiger partial charge in [-0.05, 0) is 29.4 Å². The Labute approximate surface area is 128 Å². The Kier molecular flexibility index (Phi) is 7.27. The molecule has 0 amide bonds. The van der Waals surface area contributed by atoms with Gasteiger partial charge < -0.3 is 9.47 Å². The molecule has 0 N–H and O–H groups in total. The second kappa shape index (κ2) is 8.71. The highest BCUT2D eigenvalue weighted by Crippen LogP contribution is 2.34. The SMILES string of the molecule is CCCCOC(=O)COc1c(C(C)C)cccc1C(C)C. The molecule has 1 rings (SSSR count). The first-order valence-electron chi connectivity index (χ1n) is 7.88. The quantitative estimate of drug-likeness (QED) is 0.516. The van der Waals surface area contributed by atoms with Crippen molar-refractivity contribution < 1.29 is 14.3 Å². The summed E-state index contributed by atoms with van der Waals surface area (Å²) in [4.78, 5) is 11.7. The molecule has 1 aromatic rings. The Hall–Kier alpha value is -1.51. The first kappa shape index (κ1) is 17.5. The molecular weight excluding hydrogens is 264 g/mol. The summed E-state index contributed by atoms with van der Waals surface area (Å²) in [7, 11) is 0. The van der Waals surface area contributed by atoms with Gasteiger partial charge in [0.1, 0.15) is 5.75 Å². The minimum absolute atomic E-state index is 0.0207. The maximum absolute atomic E-state index is 11.7. The van der Waals surface area contributed by atoms with Crippen molar-refractivity contribution in [2.75, 3.05) is 13.2 Å². The van der Waals surface area contributed by atoms with E-state index in [-0.39, 0.29) is 12.6 Å². The van der Waals surface area contributed by atoms with Crippen molar-refractivity contribution in [1.82, 2.24) is 0 Å². The molecule has 3 heteroatoms. The normalized spacial score (nSPS) is 11.0. The van der Waals surface area contributed by atoms with E-state index in [0.29, 0.717) is 18.4 Å². The van der Waals surface area contributed by atoms with Crippen LogP contribution in [0.1, 0.15) is 70.4 Å². The Bertz CT molecular complexity index is 424. The monoisotopic (exact) mass is 292 g/mol. The number of hydrogen-bond acceptors (Lipinski definition) is 3. The Morgan fingerprint density at radius 3 is 2.14 bits per heavy atom. The summed E-state index contributed by atoms with van der Waals surface area (Å²) >= 11 is 0. The summed E-state index contributed by atoms with van der Waals surface area (Å²) in [5, 5.41) is 0. The molecule has 0 spiro atoms. The van der Waals surface area contributed by atoms with Gasteiger partial charge in [0.2, 0.25) is 0 Å². The molecule has 0 aliphatic carbocycles. The van der Waals surface area contributed by atoms with Crippen LogP contribution in [0, 0.1) is 0 Å². The zero-order valence-electron chi connectivity index (χ0n) is 13.9. The molecule has 0 aromatic heterocycles. The molecule has 0 radical (unpaired) electrons. The average molecular weight is 292 g/mol. The van der Waals surface area contributed by atoms with Crippen LogP contribution in [-0.4, -0.2) is 19.2 Å². The van der Waals surface area contributed by atoms with Gasteiger partial charge >= 0.3 is 5.97 Å². The fourth-order valence-electron chi connectivity index (χ4n) is 2.15. The van der Waals surface area contributed by atoms with Crippen LogP contribution in [0.4, 0.5) is 0 Å². The molecule has 118 valence electrons. The average Bonchev–Trinajstić information content (AvgIpc) is 2.44. The van der Waals surface area contributed by atoms with Crippen LogP contribution in [0.5, 0.6) is 5.75 Å². The van der Waals surface area contributed by atoms with Crippen LogP contribution >= 0.6 is 0 Å². The first-order chi connectivity index (χ1) is 9.97. The number of esters is 1. The zero-order valence-corrected chi connectivity index (χ0v) is 13.9. The molecule has 0 heterocycles. The molecule has 0 fully saturated rings. The summed E-state index contributed by atoms with van der Waals surface area (Å²) < 4.78 is 10.9. The predicted molar refractivity (Wildman–Crippen MR) is 86.0 cm³/mol. The van der Waals surface area contributed by atoms with E-state index in [0.717, 1.165) is 29.7 Å². The zero-order chi connectivity index (χ0) is 15.8. The second-order valence-electron chi connectivity index (χ2n) is 5.94. The third kappa shape index (κ3) is 5.41. The second-order valence-corrected chi connectivity index (χ2v) is 5.94. The minimum Gasteiger partial charge on any atom is -0.481 e. The van der Waals surface area contributed by atoms with Gasteiger partial charge in [-0.25, -0.2) is 4.79 Å². The van der Waals surface area contributed by atoms with Gasteiger partial charge in [0.05, 0.1) is 6.61 Å². The van der Waals surface area contributed by atoms with E-state index < -0.39 is 0 Å². The van der Waals surface area contributed by atoms with Crippen LogP contribution in [0.25, 0.3) is 0 Å². The number of carbonyl (C=O) groups excluding carboxylic acids is 1. The van der Waals surface area contributed by atoms with Gasteiger partial charge in [-0.15, -0.1) is 0 Å². The third-order valence-electron chi connectivity index (χ3n) is 3.42. The number of ether oxygens (including phenoxy) is 2. The van der Waals surface area contributed by atoms with Gasteiger partial charge in [-0.1, -0.05) is 59.2 Å². The molecule has 3 nitrogen and oxygen atoms in total. The third-order valence-corrected chi connectivity index (χ3v) is 3.42. The lowest BCUT2D eigenvalue weighted by Gasteiger charge is -2.19. The Balaban J connectivity index is 2.78. The van der Waals surface area contributed by atoms with Crippen LogP contribution in [0.3, 0.4) is 0 Å². The smallest absolute Gasteiger partial charge is 0.344 e. The molecule has 0 unspecified atom stereocenters. The number of hydrogen-bond donors (Lipinski definition) is 0. The van der Waals surface area contributed by atoms with E-state index in [1.54, 1.807) is 0 Å². The topological polar surface area (TPSA) is 35.5 Å². The highest BCUT2D eigenvalue weighted by Gasteiger charge is 2.16. The number of rotatable bonds is 8. The van der Waals surface area contributed by atoms with E-state index in [4.69, 9.17) is 9.47 Å². The molecule has 0 atom stereocenters. The summed E-state index contributed by atoms with van der Waals surface area (Å²) in [6.07, 6.45) is 1.91. The van der Waals surface area contributed by atoms with Gasteiger partial charge in [-0.2, -0.15) is 0 Å². The van der Waals surface area contributed by atoms with Crippen LogP contribution < -0.4 is 4.74 Å². The largest absolute Gasteiger partial charge is 0.481 e. The number of para-hydroxylation sites is 1.